The van der Waals surface area contributed by atoms with Crippen molar-refractivity contribution in [3.8, 4) is 0 Å². The lowest BCUT2D eigenvalue weighted by atomic mass is 10.1. The Morgan fingerprint density at radius 3 is 2.11 bits per heavy atom. The second-order valence-corrected chi connectivity index (χ2v) is 4.76. The number of carbonyl (C=O) groups excluding carboxylic acids is 1. The van der Waals surface area contributed by atoms with Gasteiger partial charge in [-0.2, -0.15) is 0 Å². The van der Waals surface area contributed by atoms with Crippen LogP contribution in [0.15, 0.2) is 24.3 Å². The van der Waals surface area contributed by atoms with Crippen molar-refractivity contribution in [2.45, 2.75) is 46.0 Å². The topological polar surface area (TPSA) is 20.3 Å². The van der Waals surface area contributed by atoms with E-state index in [0.29, 0.717) is 0 Å². The highest BCUT2D eigenvalue weighted by Crippen LogP contribution is 2.16. The molecule has 18 heavy (non-hydrogen) atoms. The summed E-state index contributed by atoms with van der Waals surface area (Å²) in [6.07, 6.45) is 7.13. The van der Waals surface area contributed by atoms with E-state index in [-0.39, 0.29) is 0 Å². The molecule has 0 fully saturated rings. The third kappa shape index (κ3) is 4.91. The van der Waals surface area contributed by atoms with Gasteiger partial charge in [0.25, 0.3) is 0 Å². The molecule has 1 rings (SSSR count). The summed E-state index contributed by atoms with van der Waals surface area (Å²) in [5, 5.41) is 0. The number of unbranched alkanes of at least 4 members (excludes halogenated alkanes) is 3. The molecular formula is C16H25NO. The average molecular weight is 247 g/mol. The fourth-order valence-corrected chi connectivity index (χ4v) is 2.04. The summed E-state index contributed by atoms with van der Waals surface area (Å²) >= 11 is 0. The lowest BCUT2D eigenvalue weighted by Crippen LogP contribution is -2.25. The Balaban J connectivity index is 2.63. The van der Waals surface area contributed by atoms with Gasteiger partial charge in [-0.3, -0.25) is 4.79 Å². The lowest BCUT2D eigenvalue weighted by molar-refractivity contribution is 0.112. The Morgan fingerprint density at radius 1 is 0.944 bits per heavy atom. The molecule has 1 aromatic rings. The van der Waals surface area contributed by atoms with Crippen LogP contribution in [0.1, 0.15) is 56.3 Å². The monoisotopic (exact) mass is 247 g/mol. The first-order valence-electron chi connectivity index (χ1n) is 7.12. The molecule has 0 atom stereocenters. The van der Waals surface area contributed by atoms with Gasteiger partial charge < -0.3 is 4.90 Å². The number of nitrogens with zero attached hydrogens (tertiary/aromatic N) is 1. The van der Waals surface area contributed by atoms with E-state index >= 15 is 0 Å². The third-order valence-corrected chi connectivity index (χ3v) is 3.21. The predicted octanol–water partition coefficient (Wildman–Crippen LogP) is 4.30. The lowest BCUT2D eigenvalue weighted by Gasteiger charge is -2.24. The highest BCUT2D eigenvalue weighted by molar-refractivity contribution is 5.75. The number of aldehydes is 1. The van der Waals surface area contributed by atoms with E-state index in [4.69, 9.17) is 0 Å². The Kier molecular flexibility index (Phi) is 7.16. The molecule has 1 aromatic carbocycles. The van der Waals surface area contributed by atoms with Gasteiger partial charge in [0.2, 0.25) is 0 Å². The molecule has 2 nitrogen and oxygen atoms in total. The van der Waals surface area contributed by atoms with E-state index < -0.39 is 0 Å². The van der Waals surface area contributed by atoms with Gasteiger partial charge in [0.15, 0.2) is 0 Å². The summed E-state index contributed by atoms with van der Waals surface area (Å²) in [6, 6.07) is 7.93. The van der Waals surface area contributed by atoms with Crippen LogP contribution in [0.4, 0.5) is 5.69 Å². The Bertz CT molecular complexity index is 331. The van der Waals surface area contributed by atoms with Gasteiger partial charge in [-0.05, 0) is 37.1 Å². The average Bonchev–Trinajstić information content (AvgIpc) is 2.43. The van der Waals surface area contributed by atoms with E-state index in [1.165, 1.54) is 37.8 Å². The van der Waals surface area contributed by atoms with Crippen LogP contribution in [0, 0.1) is 0 Å². The van der Waals surface area contributed by atoms with Crippen LogP contribution < -0.4 is 4.90 Å². The molecule has 0 unspecified atom stereocenters. The van der Waals surface area contributed by atoms with E-state index in [2.05, 4.69) is 30.9 Å². The Morgan fingerprint density at radius 2 is 1.56 bits per heavy atom. The van der Waals surface area contributed by atoms with Crippen molar-refractivity contribution in [1.29, 1.82) is 0 Å². The maximum absolute atomic E-state index is 10.7. The van der Waals surface area contributed by atoms with Crippen LogP contribution >= 0.6 is 0 Å². The molecule has 0 aliphatic rings. The van der Waals surface area contributed by atoms with Crippen molar-refractivity contribution in [2.75, 3.05) is 18.0 Å². The second-order valence-electron chi connectivity index (χ2n) is 4.76. The number of rotatable bonds is 9. The quantitative estimate of drug-likeness (QED) is 0.479. The first-order valence-corrected chi connectivity index (χ1v) is 7.12. The van der Waals surface area contributed by atoms with E-state index in [1.807, 2.05) is 12.1 Å². The molecule has 0 N–H and O–H groups in total. The maximum Gasteiger partial charge on any atom is 0.150 e. The van der Waals surface area contributed by atoms with Gasteiger partial charge >= 0.3 is 0 Å². The first-order chi connectivity index (χ1) is 8.81. The summed E-state index contributed by atoms with van der Waals surface area (Å²) < 4.78 is 0. The number of anilines is 1. The Labute approximate surface area is 111 Å². The van der Waals surface area contributed by atoms with Gasteiger partial charge in [-0.25, -0.2) is 0 Å². The van der Waals surface area contributed by atoms with E-state index in [1.54, 1.807) is 0 Å². The van der Waals surface area contributed by atoms with Crippen molar-refractivity contribution in [2.24, 2.45) is 0 Å². The maximum atomic E-state index is 10.7. The molecule has 2 heteroatoms. The molecule has 0 saturated heterocycles. The predicted molar refractivity (Wildman–Crippen MR) is 78.5 cm³/mol. The van der Waals surface area contributed by atoms with Crippen LogP contribution in [-0.2, 0) is 0 Å². The fourth-order valence-electron chi connectivity index (χ4n) is 2.04. The first kappa shape index (κ1) is 14.7. The summed E-state index contributed by atoms with van der Waals surface area (Å²) in [5.74, 6) is 0. The minimum absolute atomic E-state index is 0.753. The largest absolute Gasteiger partial charge is 0.372 e. The van der Waals surface area contributed by atoms with Crippen molar-refractivity contribution in [1.82, 2.24) is 0 Å². The highest BCUT2D eigenvalue weighted by Gasteiger charge is 2.05. The van der Waals surface area contributed by atoms with Crippen molar-refractivity contribution in [3.05, 3.63) is 29.8 Å². The van der Waals surface area contributed by atoms with Gasteiger partial charge in [-0.15, -0.1) is 0 Å². The molecule has 0 radical (unpaired) electrons. The fraction of sp³-hybridized carbons (Fsp3) is 0.562. The summed E-state index contributed by atoms with van der Waals surface area (Å²) in [4.78, 5) is 13.1. The van der Waals surface area contributed by atoms with Crippen molar-refractivity contribution in [3.63, 3.8) is 0 Å². The molecule has 0 aliphatic carbocycles. The number of hydrogen-bond acceptors (Lipinski definition) is 2. The zero-order valence-corrected chi connectivity index (χ0v) is 11.7. The molecule has 0 heterocycles. The molecule has 0 saturated carbocycles. The van der Waals surface area contributed by atoms with Crippen LogP contribution in [0.25, 0.3) is 0 Å². The van der Waals surface area contributed by atoms with Gasteiger partial charge in [0.05, 0.1) is 0 Å². The molecule has 0 amide bonds. The second kappa shape index (κ2) is 8.73. The third-order valence-electron chi connectivity index (χ3n) is 3.21. The van der Waals surface area contributed by atoms with Crippen LogP contribution in [0.3, 0.4) is 0 Å². The number of benzene rings is 1. The standard InChI is InChI=1S/C16H25NO/c1-3-5-7-13-17(12-6-4-2)16-10-8-15(14-18)9-11-16/h8-11,14H,3-7,12-13H2,1-2H3. The summed E-state index contributed by atoms with van der Waals surface area (Å²) in [7, 11) is 0. The number of hydrogen-bond donors (Lipinski definition) is 0. The minimum Gasteiger partial charge on any atom is -0.372 e. The number of carbonyl (C=O) groups is 1. The van der Waals surface area contributed by atoms with Crippen molar-refractivity contribution >= 4 is 12.0 Å². The zero-order chi connectivity index (χ0) is 13.2. The SMILES string of the molecule is CCCCCN(CCCC)c1ccc(C=O)cc1. The zero-order valence-electron chi connectivity index (χ0n) is 11.7. The highest BCUT2D eigenvalue weighted by atomic mass is 16.1. The molecule has 0 aliphatic heterocycles. The van der Waals surface area contributed by atoms with Gasteiger partial charge in [0, 0.05) is 24.3 Å². The molecule has 100 valence electrons. The molecular weight excluding hydrogens is 222 g/mol. The molecule has 0 aromatic heterocycles. The van der Waals surface area contributed by atoms with Crippen LogP contribution in [-0.4, -0.2) is 19.4 Å². The van der Waals surface area contributed by atoms with E-state index in [0.717, 1.165) is 24.9 Å². The summed E-state index contributed by atoms with van der Waals surface area (Å²) in [5.41, 5.74) is 1.99. The Hall–Kier alpha value is -1.31. The van der Waals surface area contributed by atoms with Crippen molar-refractivity contribution < 1.29 is 4.79 Å². The van der Waals surface area contributed by atoms with E-state index in [9.17, 15) is 4.79 Å². The van der Waals surface area contributed by atoms with Crippen LogP contribution in [0.2, 0.25) is 0 Å². The van der Waals surface area contributed by atoms with Crippen LogP contribution in [0.5, 0.6) is 0 Å². The van der Waals surface area contributed by atoms with Gasteiger partial charge in [0.1, 0.15) is 6.29 Å². The normalized spacial score (nSPS) is 10.3. The van der Waals surface area contributed by atoms with Gasteiger partial charge in [-0.1, -0.05) is 33.1 Å². The minimum atomic E-state index is 0.753. The molecule has 0 bridgehead atoms. The molecule has 0 spiro atoms. The smallest absolute Gasteiger partial charge is 0.150 e. The summed E-state index contributed by atoms with van der Waals surface area (Å²) in [6.45, 7) is 6.68.